The molecule has 0 unspecified atom stereocenters. The van der Waals surface area contributed by atoms with Gasteiger partial charge in [-0.1, -0.05) is 45.1 Å². The Balaban J connectivity index is 3.63. The van der Waals surface area contributed by atoms with Crippen LogP contribution in [0.1, 0.15) is 72.1 Å². The van der Waals surface area contributed by atoms with Crippen LogP contribution in [0.15, 0.2) is 12.2 Å². The molecule has 1 amide bonds. The van der Waals surface area contributed by atoms with E-state index < -0.39 is 6.09 Å². The Hall–Kier alpha value is -1.32. The van der Waals surface area contributed by atoms with Crippen molar-refractivity contribution in [3.05, 3.63) is 12.2 Å². The highest BCUT2D eigenvalue weighted by Gasteiger charge is 2.10. The van der Waals surface area contributed by atoms with Crippen molar-refractivity contribution in [2.45, 2.75) is 78.2 Å². The van der Waals surface area contributed by atoms with Crippen LogP contribution >= 0.6 is 0 Å². The third-order valence-corrected chi connectivity index (χ3v) is 3.18. The number of amides is 1. The van der Waals surface area contributed by atoms with E-state index in [1.54, 1.807) is 19.9 Å². The van der Waals surface area contributed by atoms with Gasteiger partial charge in [0.15, 0.2) is 5.78 Å². The molecule has 21 heavy (non-hydrogen) atoms. The SMILES string of the molecule is CCCCCCCC/C=C/C(=O)C[C@@H](C)NC(=O)OCC. The second kappa shape index (κ2) is 13.7. The van der Waals surface area contributed by atoms with Crippen molar-refractivity contribution in [2.24, 2.45) is 0 Å². The summed E-state index contributed by atoms with van der Waals surface area (Å²) in [5.74, 6) is 0.0466. The number of rotatable bonds is 12. The molecule has 4 heteroatoms. The predicted molar refractivity (Wildman–Crippen MR) is 86.4 cm³/mol. The molecule has 0 fully saturated rings. The molecule has 0 aromatic heterocycles. The highest BCUT2D eigenvalue weighted by atomic mass is 16.5. The number of carbonyl (C=O) groups is 2. The lowest BCUT2D eigenvalue weighted by atomic mass is 10.1. The van der Waals surface area contributed by atoms with E-state index in [9.17, 15) is 9.59 Å². The Morgan fingerprint density at radius 2 is 1.76 bits per heavy atom. The van der Waals surface area contributed by atoms with E-state index in [2.05, 4.69) is 12.2 Å². The average molecular weight is 297 g/mol. The van der Waals surface area contributed by atoms with E-state index in [4.69, 9.17) is 4.74 Å². The average Bonchev–Trinajstić information content (AvgIpc) is 2.41. The second-order valence-corrected chi connectivity index (χ2v) is 5.40. The van der Waals surface area contributed by atoms with E-state index in [-0.39, 0.29) is 11.8 Å². The Labute approximate surface area is 129 Å². The Bertz CT molecular complexity index is 313. The number of carbonyl (C=O) groups excluding carboxylic acids is 2. The van der Waals surface area contributed by atoms with Gasteiger partial charge < -0.3 is 10.1 Å². The zero-order valence-corrected chi connectivity index (χ0v) is 13.8. The van der Waals surface area contributed by atoms with E-state index >= 15 is 0 Å². The van der Waals surface area contributed by atoms with Crippen molar-refractivity contribution in [1.29, 1.82) is 0 Å². The molecule has 0 aromatic rings. The summed E-state index contributed by atoms with van der Waals surface area (Å²) in [6.45, 7) is 6.10. The summed E-state index contributed by atoms with van der Waals surface area (Å²) in [5, 5.41) is 2.63. The molecule has 0 aliphatic carbocycles. The van der Waals surface area contributed by atoms with Crippen molar-refractivity contribution in [3.63, 3.8) is 0 Å². The van der Waals surface area contributed by atoms with Gasteiger partial charge in [-0.2, -0.15) is 0 Å². The fraction of sp³-hybridized carbons (Fsp3) is 0.765. The summed E-state index contributed by atoms with van der Waals surface area (Å²) in [6, 6.07) is -0.199. The highest BCUT2D eigenvalue weighted by molar-refractivity contribution is 5.90. The van der Waals surface area contributed by atoms with Crippen LogP contribution in [0.25, 0.3) is 0 Å². The number of alkyl carbamates (subject to hydrolysis) is 1. The molecule has 0 aliphatic rings. The second-order valence-electron chi connectivity index (χ2n) is 5.40. The van der Waals surface area contributed by atoms with Crippen molar-refractivity contribution < 1.29 is 14.3 Å². The first-order chi connectivity index (χ1) is 10.1. The zero-order chi connectivity index (χ0) is 15.9. The van der Waals surface area contributed by atoms with E-state index in [1.165, 1.54) is 32.1 Å². The number of hydrogen-bond acceptors (Lipinski definition) is 3. The molecule has 0 aliphatic heterocycles. The van der Waals surface area contributed by atoms with Gasteiger partial charge in [0.05, 0.1) is 6.61 Å². The zero-order valence-electron chi connectivity index (χ0n) is 13.8. The Morgan fingerprint density at radius 3 is 2.43 bits per heavy atom. The third-order valence-electron chi connectivity index (χ3n) is 3.18. The third kappa shape index (κ3) is 13.4. The number of nitrogens with one attached hydrogen (secondary N) is 1. The van der Waals surface area contributed by atoms with Gasteiger partial charge in [-0.05, 0) is 32.8 Å². The van der Waals surface area contributed by atoms with Crippen LogP contribution in [-0.4, -0.2) is 24.5 Å². The number of unbranched alkanes of at least 4 members (excludes halogenated alkanes) is 6. The van der Waals surface area contributed by atoms with Crippen molar-refractivity contribution in [1.82, 2.24) is 5.32 Å². The maximum Gasteiger partial charge on any atom is 0.407 e. The minimum absolute atomic E-state index is 0.0466. The van der Waals surface area contributed by atoms with Crippen LogP contribution in [0.2, 0.25) is 0 Å². The lowest BCUT2D eigenvalue weighted by molar-refractivity contribution is -0.114. The molecule has 1 atom stereocenters. The number of ether oxygens (including phenoxy) is 1. The molecule has 0 bridgehead atoms. The van der Waals surface area contributed by atoms with Gasteiger partial charge in [-0.25, -0.2) is 4.79 Å². The first-order valence-electron chi connectivity index (χ1n) is 8.22. The van der Waals surface area contributed by atoms with Crippen LogP contribution in [0.3, 0.4) is 0 Å². The quantitative estimate of drug-likeness (QED) is 0.429. The molecule has 0 aromatic carbocycles. The molecule has 4 nitrogen and oxygen atoms in total. The Kier molecular flexibility index (Phi) is 12.8. The molecular weight excluding hydrogens is 266 g/mol. The summed E-state index contributed by atoms with van der Waals surface area (Å²) in [6.07, 6.45) is 12.0. The minimum atomic E-state index is -0.464. The topological polar surface area (TPSA) is 55.4 Å². The maximum absolute atomic E-state index is 11.7. The lowest BCUT2D eigenvalue weighted by Gasteiger charge is -2.11. The summed E-state index contributed by atoms with van der Waals surface area (Å²) in [7, 11) is 0. The Morgan fingerprint density at radius 1 is 1.10 bits per heavy atom. The van der Waals surface area contributed by atoms with Crippen molar-refractivity contribution >= 4 is 11.9 Å². The summed E-state index contributed by atoms with van der Waals surface area (Å²) in [5.41, 5.74) is 0. The standard InChI is InChI=1S/C17H31NO3/c1-4-6-7-8-9-10-11-12-13-16(19)14-15(3)18-17(20)21-5-2/h12-13,15H,4-11,14H2,1-3H3,(H,18,20)/b13-12+/t15-/m1/s1. The molecule has 122 valence electrons. The van der Waals surface area contributed by atoms with E-state index in [0.717, 1.165) is 12.8 Å². The normalized spacial score (nSPS) is 12.3. The smallest absolute Gasteiger partial charge is 0.407 e. The first-order valence-corrected chi connectivity index (χ1v) is 8.22. The lowest BCUT2D eigenvalue weighted by Crippen LogP contribution is -2.34. The fourth-order valence-electron chi connectivity index (χ4n) is 2.05. The first kappa shape index (κ1) is 19.7. The molecule has 0 spiro atoms. The molecule has 0 saturated carbocycles. The van der Waals surface area contributed by atoms with Gasteiger partial charge in [0, 0.05) is 12.5 Å². The van der Waals surface area contributed by atoms with Crippen LogP contribution < -0.4 is 5.32 Å². The van der Waals surface area contributed by atoms with Crippen LogP contribution in [-0.2, 0) is 9.53 Å². The van der Waals surface area contributed by atoms with Gasteiger partial charge in [0.25, 0.3) is 0 Å². The summed E-state index contributed by atoms with van der Waals surface area (Å²) >= 11 is 0. The minimum Gasteiger partial charge on any atom is -0.450 e. The van der Waals surface area contributed by atoms with E-state index in [1.807, 2.05) is 6.08 Å². The number of hydrogen-bond donors (Lipinski definition) is 1. The van der Waals surface area contributed by atoms with Gasteiger partial charge in [-0.15, -0.1) is 0 Å². The van der Waals surface area contributed by atoms with Crippen molar-refractivity contribution in [2.75, 3.05) is 6.61 Å². The fourth-order valence-corrected chi connectivity index (χ4v) is 2.05. The monoisotopic (exact) mass is 297 g/mol. The molecule has 0 saturated heterocycles. The van der Waals surface area contributed by atoms with Gasteiger partial charge in [-0.3, -0.25) is 4.79 Å². The van der Waals surface area contributed by atoms with E-state index in [0.29, 0.717) is 13.0 Å². The highest BCUT2D eigenvalue weighted by Crippen LogP contribution is 2.07. The van der Waals surface area contributed by atoms with Gasteiger partial charge in [0.1, 0.15) is 0 Å². The number of allylic oxidation sites excluding steroid dienone is 2. The summed E-state index contributed by atoms with van der Waals surface area (Å²) in [4.78, 5) is 22.9. The molecule has 1 N–H and O–H groups in total. The molecular formula is C17H31NO3. The van der Waals surface area contributed by atoms with Crippen molar-refractivity contribution in [3.8, 4) is 0 Å². The molecule has 0 radical (unpaired) electrons. The maximum atomic E-state index is 11.7. The summed E-state index contributed by atoms with van der Waals surface area (Å²) < 4.78 is 4.77. The largest absolute Gasteiger partial charge is 0.450 e. The van der Waals surface area contributed by atoms with Gasteiger partial charge in [0.2, 0.25) is 0 Å². The van der Waals surface area contributed by atoms with Crippen LogP contribution in [0.4, 0.5) is 4.79 Å². The van der Waals surface area contributed by atoms with Crippen LogP contribution in [0, 0.1) is 0 Å². The molecule has 0 heterocycles. The predicted octanol–water partition coefficient (Wildman–Crippen LogP) is 4.39. The number of ketones is 1. The van der Waals surface area contributed by atoms with Crippen LogP contribution in [0.5, 0.6) is 0 Å². The van der Waals surface area contributed by atoms with Gasteiger partial charge >= 0.3 is 6.09 Å². The molecule has 0 rings (SSSR count).